The maximum absolute atomic E-state index is 12.1. The molecule has 0 aliphatic heterocycles. The van der Waals surface area contributed by atoms with Crippen molar-refractivity contribution in [3.05, 3.63) is 12.2 Å². The van der Waals surface area contributed by atoms with Crippen molar-refractivity contribution in [1.82, 2.24) is 5.32 Å². The fourth-order valence-corrected chi connectivity index (χ4v) is 7.25. The first kappa shape index (κ1) is 52.8. The molecule has 0 aromatic carbocycles. The van der Waals surface area contributed by atoms with E-state index >= 15 is 0 Å². The van der Waals surface area contributed by atoms with Crippen molar-refractivity contribution in [1.29, 1.82) is 0 Å². The van der Waals surface area contributed by atoms with E-state index in [4.69, 9.17) is 13.8 Å². The van der Waals surface area contributed by atoms with Gasteiger partial charge in [0.05, 0.1) is 13.2 Å². The third kappa shape index (κ3) is 41.9. The fourth-order valence-electron chi connectivity index (χ4n) is 6.49. The monoisotopic (exact) mass is 788 g/mol. The van der Waals surface area contributed by atoms with Gasteiger partial charge in [0.25, 0.3) is 0 Å². The molecule has 2 atom stereocenters. The number of carbonyl (C=O) groups is 2. The molecule has 3 N–H and O–H groups in total. The van der Waals surface area contributed by atoms with Gasteiger partial charge in [0.2, 0.25) is 5.91 Å². The van der Waals surface area contributed by atoms with Crippen LogP contribution in [0.15, 0.2) is 12.2 Å². The van der Waals surface area contributed by atoms with Gasteiger partial charge in [-0.15, -0.1) is 0 Å². The summed E-state index contributed by atoms with van der Waals surface area (Å²) in [6, 6.07) is 0. The number of amides is 1. The van der Waals surface area contributed by atoms with Crippen molar-refractivity contribution < 1.29 is 37.9 Å². The molecular weight excluding hydrogens is 701 g/mol. The molecule has 0 aromatic heterocycles. The summed E-state index contributed by atoms with van der Waals surface area (Å²) >= 11 is 0. The molecule has 0 aromatic rings. The Morgan fingerprint density at radius 3 is 1.43 bits per heavy atom. The van der Waals surface area contributed by atoms with E-state index in [2.05, 4.69) is 31.3 Å². The smallest absolute Gasteiger partial charge is 0.463 e. The van der Waals surface area contributed by atoms with Gasteiger partial charge in [0, 0.05) is 19.4 Å². The molecule has 54 heavy (non-hydrogen) atoms. The summed E-state index contributed by atoms with van der Waals surface area (Å²) in [4.78, 5) is 33.9. The number of nitrogens with one attached hydrogen (secondary N) is 1. The zero-order valence-corrected chi connectivity index (χ0v) is 36.1. The summed E-state index contributed by atoms with van der Waals surface area (Å²) in [5, 5.41) is 12.7. The Morgan fingerprint density at radius 1 is 0.556 bits per heavy atom. The summed E-state index contributed by atoms with van der Waals surface area (Å²) in [6.45, 7) is 3.55. The molecular formula is C44H86NO8P. The number of esters is 1. The average Bonchev–Trinajstić information content (AvgIpc) is 3.16. The van der Waals surface area contributed by atoms with Crippen molar-refractivity contribution in [2.75, 3.05) is 26.4 Å². The zero-order chi connectivity index (χ0) is 39.6. The Labute approximate surface area is 332 Å². The van der Waals surface area contributed by atoms with E-state index < -0.39 is 26.5 Å². The highest BCUT2D eigenvalue weighted by Crippen LogP contribution is 2.42. The van der Waals surface area contributed by atoms with Crippen LogP contribution < -0.4 is 5.32 Å². The maximum atomic E-state index is 12.1. The lowest BCUT2D eigenvalue weighted by Crippen LogP contribution is -2.27. The minimum atomic E-state index is -4.41. The number of phosphoric acid groups is 1. The number of phosphoric ester groups is 1. The average molecular weight is 788 g/mol. The molecule has 9 nitrogen and oxygen atoms in total. The largest absolute Gasteiger partial charge is 0.472 e. The van der Waals surface area contributed by atoms with Crippen LogP contribution in [-0.4, -0.2) is 54.3 Å². The first-order chi connectivity index (χ1) is 26.3. The molecule has 10 heteroatoms. The lowest BCUT2D eigenvalue weighted by molar-refractivity contribution is -0.147. The number of allylic oxidation sites excluding steroid dienone is 2. The third-order valence-electron chi connectivity index (χ3n) is 9.95. The first-order valence-electron chi connectivity index (χ1n) is 22.7. The summed E-state index contributed by atoms with van der Waals surface area (Å²) in [5.74, 6) is -0.517. The van der Waals surface area contributed by atoms with E-state index in [-0.39, 0.29) is 32.1 Å². The van der Waals surface area contributed by atoms with Crippen LogP contribution in [0.5, 0.6) is 0 Å². The number of aliphatic hydroxyl groups is 1. The molecule has 0 saturated carbocycles. The van der Waals surface area contributed by atoms with Crippen LogP contribution >= 0.6 is 7.82 Å². The van der Waals surface area contributed by atoms with Crippen LogP contribution in [0.3, 0.4) is 0 Å². The van der Waals surface area contributed by atoms with Gasteiger partial charge in [-0.25, -0.2) is 4.57 Å². The van der Waals surface area contributed by atoms with E-state index in [0.29, 0.717) is 6.42 Å². The number of hydrogen-bond donors (Lipinski definition) is 3. The summed E-state index contributed by atoms with van der Waals surface area (Å²) in [7, 11) is -4.41. The van der Waals surface area contributed by atoms with Crippen molar-refractivity contribution in [3.63, 3.8) is 0 Å². The van der Waals surface area contributed by atoms with Crippen molar-refractivity contribution in [2.45, 2.75) is 232 Å². The van der Waals surface area contributed by atoms with Gasteiger partial charge in [-0.1, -0.05) is 187 Å². The van der Waals surface area contributed by atoms with Gasteiger partial charge in [-0.05, 0) is 38.5 Å². The molecule has 1 amide bonds. The molecule has 0 aliphatic rings. The van der Waals surface area contributed by atoms with Crippen molar-refractivity contribution in [3.8, 4) is 0 Å². The number of hydrogen-bond acceptors (Lipinski definition) is 7. The molecule has 0 spiro atoms. The number of aliphatic hydroxyl groups excluding tert-OH is 1. The molecule has 0 aliphatic carbocycles. The highest BCUT2D eigenvalue weighted by atomic mass is 31.2. The highest BCUT2D eigenvalue weighted by molar-refractivity contribution is 7.47. The maximum Gasteiger partial charge on any atom is 0.472 e. The second kappa shape index (κ2) is 41.4. The van der Waals surface area contributed by atoms with Crippen LogP contribution in [0.4, 0.5) is 0 Å². The number of ether oxygens (including phenoxy) is 1. The minimum Gasteiger partial charge on any atom is -0.463 e. The Morgan fingerprint density at radius 2 is 0.944 bits per heavy atom. The molecule has 2 unspecified atom stereocenters. The molecule has 0 rings (SSSR count). The third-order valence-corrected chi connectivity index (χ3v) is 10.9. The predicted molar refractivity (Wildman–Crippen MR) is 225 cm³/mol. The van der Waals surface area contributed by atoms with E-state index in [9.17, 15) is 24.2 Å². The number of unbranched alkanes of at least 4 members (excludes halogenated alkanes) is 28. The lowest BCUT2D eigenvalue weighted by atomic mass is 10.0. The Hall–Kier alpha value is -1.25. The molecule has 0 saturated heterocycles. The Balaban J connectivity index is 3.53. The van der Waals surface area contributed by atoms with Crippen LogP contribution in [0.2, 0.25) is 0 Å². The summed E-state index contributed by atoms with van der Waals surface area (Å²) in [5.41, 5.74) is 0. The van der Waals surface area contributed by atoms with E-state index in [1.54, 1.807) is 0 Å². The standard InChI is InChI=1S/C44H86NO8P/c1-3-5-7-9-11-13-15-17-18-19-20-21-22-23-24-25-27-29-31-33-35-37-44(48)51-40-42(46)41-53-54(49,50)52-39-38-45-43(47)36-34-32-30-28-26-16-14-12-10-8-6-4-2/h12,14,42,46H,3-11,13,15-41H2,1-2H3,(H,45,47)(H,49,50)/b14-12-. The van der Waals surface area contributed by atoms with Crippen LogP contribution in [-0.2, 0) is 27.9 Å². The van der Waals surface area contributed by atoms with Gasteiger partial charge in [0.1, 0.15) is 12.7 Å². The van der Waals surface area contributed by atoms with Gasteiger partial charge >= 0.3 is 13.8 Å². The summed E-state index contributed by atoms with van der Waals surface area (Å²) in [6.07, 6.45) is 42.9. The van der Waals surface area contributed by atoms with Crippen LogP contribution in [0.1, 0.15) is 226 Å². The topological polar surface area (TPSA) is 131 Å². The number of rotatable bonds is 43. The quantitative estimate of drug-likeness (QED) is 0.0241. The van der Waals surface area contributed by atoms with E-state index in [1.165, 1.54) is 148 Å². The van der Waals surface area contributed by atoms with Gasteiger partial charge in [0.15, 0.2) is 0 Å². The Bertz CT molecular complexity index is 902. The van der Waals surface area contributed by atoms with Gasteiger partial charge in [-0.2, -0.15) is 0 Å². The highest BCUT2D eigenvalue weighted by Gasteiger charge is 2.23. The normalized spacial score (nSPS) is 13.3. The second-order valence-corrected chi connectivity index (χ2v) is 16.8. The lowest BCUT2D eigenvalue weighted by Gasteiger charge is -2.15. The van der Waals surface area contributed by atoms with Gasteiger partial charge < -0.3 is 20.1 Å². The predicted octanol–water partition coefficient (Wildman–Crippen LogP) is 12.6. The minimum absolute atomic E-state index is 0.0804. The van der Waals surface area contributed by atoms with Gasteiger partial charge in [-0.3, -0.25) is 18.6 Å². The van der Waals surface area contributed by atoms with Crippen molar-refractivity contribution in [2.24, 2.45) is 0 Å². The summed E-state index contributed by atoms with van der Waals surface area (Å²) < 4.78 is 26.9. The Kier molecular flexibility index (Phi) is 40.4. The van der Waals surface area contributed by atoms with Crippen LogP contribution in [0, 0.1) is 0 Å². The molecule has 0 bridgehead atoms. The van der Waals surface area contributed by atoms with E-state index in [1.807, 2.05) is 0 Å². The molecule has 0 fully saturated rings. The number of carbonyl (C=O) groups excluding carboxylic acids is 2. The van der Waals surface area contributed by atoms with Crippen LogP contribution in [0.25, 0.3) is 0 Å². The fraction of sp³-hybridized carbons (Fsp3) is 0.909. The SMILES string of the molecule is CCCCC/C=C\CCCCCCCC(=O)NCCOP(=O)(O)OCC(O)COC(=O)CCCCCCCCCCCCCCCCCCCCCCC. The molecule has 320 valence electrons. The second-order valence-electron chi connectivity index (χ2n) is 15.4. The first-order valence-corrected chi connectivity index (χ1v) is 24.2. The zero-order valence-electron chi connectivity index (χ0n) is 35.2. The molecule has 0 heterocycles. The van der Waals surface area contributed by atoms with E-state index in [0.717, 1.165) is 51.4 Å². The van der Waals surface area contributed by atoms with Crippen molar-refractivity contribution >= 4 is 19.7 Å². The molecule has 0 radical (unpaired) electrons.